The molecule has 2 aromatic rings. The third kappa shape index (κ3) is 3.20. The lowest BCUT2D eigenvalue weighted by molar-refractivity contribution is -0.134. The van der Waals surface area contributed by atoms with E-state index in [1.165, 1.54) is 4.90 Å². The Kier molecular flexibility index (Phi) is 4.44. The smallest absolute Gasteiger partial charge is 0.304 e. The molecule has 0 aliphatic carbocycles. The molecule has 0 aliphatic heterocycles. The monoisotopic (exact) mass is 269 g/mol. The number of hydrogen-bond donors (Lipinski definition) is 1. The molecule has 1 N–H and O–H groups in total. The van der Waals surface area contributed by atoms with Gasteiger partial charge < -0.3 is 10.2 Å². The molecular weight excluding hydrogens is 254 g/mol. The highest BCUT2D eigenvalue weighted by Gasteiger charge is 2.22. The summed E-state index contributed by atoms with van der Waals surface area (Å²) in [5.41, 5.74) is 0.691. The zero-order valence-electron chi connectivity index (χ0n) is 11.1. The van der Waals surface area contributed by atoms with E-state index in [2.05, 4.69) is 10.3 Å². The Morgan fingerprint density at radius 1 is 1.10 bits per heavy atom. The molecule has 0 spiro atoms. The zero-order valence-corrected chi connectivity index (χ0v) is 11.1. The normalized spacial score (nSPS) is 9.85. The van der Waals surface area contributed by atoms with Gasteiger partial charge >= 0.3 is 11.8 Å². The number of amides is 2. The van der Waals surface area contributed by atoms with Crippen LogP contribution in [-0.2, 0) is 9.59 Å². The van der Waals surface area contributed by atoms with Gasteiger partial charge in [0.15, 0.2) is 0 Å². The first-order valence-electron chi connectivity index (χ1n) is 6.31. The Morgan fingerprint density at radius 2 is 1.80 bits per heavy atom. The van der Waals surface area contributed by atoms with Crippen molar-refractivity contribution in [3.05, 3.63) is 54.7 Å². The Labute approximate surface area is 117 Å². The Balaban J connectivity index is 2.11. The fraction of sp³-hybridized carbons (Fsp3) is 0.133. The van der Waals surface area contributed by atoms with Gasteiger partial charge in [-0.1, -0.05) is 24.3 Å². The Morgan fingerprint density at radius 3 is 2.40 bits per heavy atom. The highest BCUT2D eigenvalue weighted by molar-refractivity contribution is 6.44. The van der Waals surface area contributed by atoms with Gasteiger partial charge in [0.1, 0.15) is 5.82 Å². The molecule has 2 amide bonds. The second-order valence-corrected chi connectivity index (χ2v) is 4.05. The van der Waals surface area contributed by atoms with Crippen molar-refractivity contribution in [2.24, 2.45) is 0 Å². The molecule has 2 rings (SSSR count). The van der Waals surface area contributed by atoms with Crippen molar-refractivity contribution >= 4 is 23.3 Å². The van der Waals surface area contributed by atoms with Crippen LogP contribution in [0.3, 0.4) is 0 Å². The number of anilines is 2. The lowest BCUT2D eigenvalue weighted by atomic mass is 10.3. The fourth-order valence-corrected chi connectivity index (χ4v) is 1.78. The maximum absolute atomic E-state index is 12.2. The van der Waals surface area contributed by atoms with Crippen molar-refractivity contribution in [3.63, 3.8) is 0 Å². The Hall–Kier alpha value is -2.69. The third-order valence-electron chi connectivity index (χ3n) is 2.73. The molecule has 0 unspecified atom stereocenters. The fourth-order valence-electron chi connectivity index (χ4n) is 1.78. The molecule has 0 aliphatic rings. The van der Waals surface area contributed by atoms with Gasteiger partial charge in [0.2, 0.25) is 0 Å². The van der Waals surface area contributed by atoms with Crippen LogP contribution in [0.25, 0.3) is 0 Å². The first-order chi connectivity index (χ1) is 9.72. The van der Waals surface area contributed by atoms with Gasteiger partial charge in [-0.25, -0.2) is 4.98 Å². The number of rotatable bonds is 3. The lowest BCUT2D eigenvalue weighted by Crippen LogP contribution is -2.39. The number of aromatic nitrogens is 1. The molecule has 0 atom stereocenters. The number of likely N-dealkylation sites (N-methyl/N-ethyl adjacent to an activating group) is 1. The van der Waals surface area contributed by atoms with E-state index in [-0.39, 0.29) is 0 Å². The van der Waals surface area contributed by atoms with Crippen molar-refractivity contribution in [3.8, 4) is 0 Å². The Bertz CT molecular complexity index is 585. The number of benzene rings is 1. The van der Waals surface area contributed by atoms with Gasteiger partial charge in [0.25, 0.3) is 0 Å². The molecule has 5 nitrogen and oxygen atoms in total. The average molecular weight is 269 g/mol. The van der Waals surface area contributed by atoms with E-state index in [1.54, 1.807) is 36.5 Å². The van der Waals surface area contributed by atoms with E-state index in [0.717, 1.165) is 0 Å². The molecule has 1 aromatic heterocycles. The molecule has 0 bridgehead atoms. The molecule has 0 saturated heterocycles. The van der Waals surface area contributed by atoms with Gasteiger partial charge in [-0.15, -0.1) is 0 Å². The van der Waals surface area contributed by atoms with Gasteiger partial charge in [0.05, 0.1) is 0 Å². The van der Waals surface area contributed by atoms with E-state index >= 15 is 0 Å². The second-order valence-electron chi connectivity index (χ2n) is 4.05. The van der Waals surface area contributed by atoms with Crippen molar-refractivity contribution in [2.75, 3.05) is 16.8 Å². The highest BCUT2D eigenvalue weighted by Crippen LogP contribution is 2.13. The minimum absolute atomic E-state index is 0.356. The largest absolute Gasteiger partial charge is 0.316 e. The maximum atomic E-state index is 12.2. The van der Waals surface area contributed by atoms with E-state index in [1.807, 2.05) is 25.1 Å². The van der Waals surface area contributed by atoms with Crippen LogP contribution in [0.1, 0.15) is 6.92 Å². The number of nitrogens with zero attached hydrogens (tertiary/aromatic N) is 2. The van der Waals surface area contributed by atoms with Crippen LogP contribution in [0.4, 0.5) is 11.5 Å². The predicted molar refractivity (Wildman–Crippen MR) is 77.3 cm³/mol. The second kappa shape index (κ2) is 6.47. The number of nitrogens with one attached hydrogen (secondary N) is 1. The molecule has 1 heterocycles. The van der Waals surface area contributed by atoms with E-state index in [0.29, 0.717) is 18.1 Å². The van der Waals surface area contributed by atoms with E-state index in [9.17, 15) is 9.59 Å². The number of hydrogen-bond acceptors (Lipinski definition) is 3. The van der Waals surface area contributed by atoms with Crippen molar-refractivity contribution in [1.29, 1.82) is 0 Å². The number of carbonyl (C=O) groups excluding carboxylic acids is 2. The molecule has 102 valence electrons. The van der Waals surface area contributed by atoms with Crippen LogP contribution in [-0.4, -0.2) is 23.3 Å². The summed E-state index contributed by atoms with van der Waals surface area (Å²) in [6.07, 6.45) is 1.55. The van der Waals surface area contributed by atoms with Gasteiger partial charge in [-0.05, 0) is 31.2 Å². The number of pyridine rings is 1. The molecular formula is C15H15N3O2. The first kappa shape index (κ1) is 13.7. The van der Waals surface area contributed by atoms with Crippen molar-refractivity contribution in [2.45, 2.75) is 6.92 Å². The van der Waals surface area contributed by atoms with Gasteiger partial charge in [0, 0.05) is 18.4 Å². The van der Waals surface area contributed by atoms with Crippen molar-refractivity contribution in [1.82, 2.24) is 4.98 Å². The SMILES string of the molecule is CCN(C(=O)C(=O)Nc1ccccn1)c1ccccc1. The standard InChI is InChI=1S/C15H15N3O2/c1-2-18(12-8-4-3-5-9-12)15(20)14(19)17-13-10-6-7-11-16-13/h3-11H,2H2,1H3,(H,16,17,19). The van der Waals surface area contributed by atoms with E-state index in [4.69, 9.17) is 0 Å². The lowest BCUT2D eigenvalue weighted by Gasteiger charge is -2.20. The predicted octanol–water partition coefficient (Wildman–Crippen LogP) is 2.07. The topological polar surface area (TPSA) is 62.3 Å². The maximum Gasteiger partial charge on any atom is 0.316 e. The van der Waals surface area contributed by atoms with Gasteiger partial charge in [-0.3, -0.25) is 9.59 Å². The number of para-hydroxylation sites is 1. The molecule has 1 aromatic carbocycles. The van der Waals surface area contributed by atoms with E-state index < -0.39 is 11.8 Å². The first-order valence-corrected chi connectivity index (χ1v) is 6.31. The summed E-state index contributed by atoms with van der Waals surface area (Å²) in [6, 6.07) is 14.2. The third-order valence-corrected chi connectivity index (χ3v) is 2.73. The van der Waals surface area contributed by atoms with Gasteiger partial charge in [-0.2, -0.15) is 0 Å². The van der Waals surface area contributed by atoms with Crippen LogP contribution >= 0.6 is 0 Å². The zero-order chi connectivity index (χ0) is 14.4. The molecule has 5 heteroatoms. The van der Waals surface area contributed by atoms with Crippen LogP contribution in [0.15, 0.2) is 54.7 Å². The summed E-state index contributed by atoms with van der Waals surface area (Å²) >= 11 is 0. The van der Waals surface area contributed by atoms with Crippen LogP contribution in [0, 0.1) is 0 Å². The summed E-state index contributed by atoms with van der Waals surface area (Å²) < 4.78 is 0. The minimum atomic E-state index is -0.700. The number of carbonyl (C=O) groups is 2. The summed E-state index contributed by atoms with van der Waals surface area (Å²) in [4.78, 5) is 29.5. The molecule has 0 saturated carbocycles. The average Bonchev–Trinajstić information content (AvgIpc) is 2.50. The van der Waals surface area contributed by atoms with Crippen LogP contribution in [0.5, 0.6) is 0 Å². The molecule has 0 fully saturated rings. The summed E-state index contributed by atoms with van der Waals surface area (Å²) in [5.74, 6) is -0.950. The van der Waals surface area contributed by atoms with Crippen LogP contribution in [0.2, 0.25) is 0 Å². The molecule has 20 heavy (non-hydrogen) atoms. The summed E-state index contributed by atoms with van der Waals surface area (Å²) in [5, 5.41) is 2.48. The van der Waals surface area contributed by atoms with Crippen molar-refractivity contribution < 1.29 is 9.59 Å². The summed E-state index contributed by atoms with van der Waals surface area (Å²) in [7, 11) is 0. The summed E-state index contributed by atoms with van der Waals surface area (Å²) in [6.45, 7) is 2.23. The molecule has 0 radical (unpaired) electrons. The quantitative estimate of drug-likeness (QED) is 0.868. The minimum Gasteiger partial charge on any atom is -0.304 e. The van der Waals surface area contributed by atoms with Crippen LogP contribution < -0.4 is 10.2 Å². The highest BCUT2D eigenvalue weighted by atomic mass is 16.2.